The summed E-state index contributed by atoms with van der Waals surface area (Å²) in [6.07, 6.45) is -7.58. The summed E-state index contributed by atoms with van der Waals surface area (Å²) in [6.45, 7) is 0. The molecule has 4 nitrogen and oxygen atoms in total. The fourth-order valence-electron chi connectivity index (χ4n) is 1.60. The van der Waals surface area contributed by atoms with Gasteiger partial charge in [0, 0.05) is 11.1 Å². The molecule has 1 aliphatic rings. The number of rotatable bonds is 2. The van der Waals surface area contributed by atoms with Crippen molar-refractivity contribution in [3.05, 3.63) is 34.9 Å². The largest absolute Gasteiger partial charge is 0.534 e. The number of ether oxygens (including phenoxy) is 1. The van der Waals surface area contributed by atoms with E-state index in [2.05, 4.69) is 8.92 Å². The molecule has 1 aliphatic heterocycles. The molecule has 1 aromatic carbocycles. The van der Waals surface area contributed by atoms with Gasteiger partial charge in [0.1, 0.15) is 5.75 Å². The third-order valence-electron chi connectivity index (χ3n) is 2.57. The summed E-state index contributed by atoms with van der Waals surface area (Å²) in [5.74, 6) is -1.69. The number of fused-ring (bicyclic) bond motifs is 1. The number of halogens is 7. The Hall–Kier alpha value is -1.62. The van der Waals surface area contributed by atoms with Gasteiger partial charge in [-0.15, -0.1) is 0 Å². The van der Waals surface area contributed by atoms with Crippen LogP contribution in [0.2, 0.25) is 5.02 Å². The summed E-state index contributed by atoms with van der Waals surface area (Å²) in [7, 11) is -6.16. The maximum absolute atomic E-state index is 12.7. The molecule has 1 aromatic rings. The highest BCUT2D eigenvalue weighted by Crippen LogP contribution is 2.41. The van der Waals surface area contributed by atoms with Gasteiger partial charge in [0.05, 0.1) is 5.56 Å². The van der Waals surface area contributed by atoms with Gasteiger partial charge in [-0.1, -0.05) is 11.6 Å². The monoisotopic (exact) mass is 382 g/mol. The van der Waals surface area contributed by atoms with E-state index in [0.29, 0.717) is 0 Å². The Labute approximate surface area is 130 Å². The minimum Gasteiger partial charge on any atom is -0.476 e. The van der Waals surface area contributed by atoms with Crippen LogP contribution in [-0.2, 0) is 14.3 Å². The summed E-state index contributed by atoms with van der Waals surface area (Å²) in [6, 6.07) is 2.99. The quantitative estimate of drug-likeness (QED) is 0.443. The summed E-state index contributed by atoms with van der Waals surface area (Å²) in [5, 5.41) is -0.0725. The summed E-state index contributed by atoms with van der Waals surface area (Å²) in [4.78, 5) is 0. The highest BCUT2D eigenvalue weighted by atomic mass is 35.5. The lowest BCUT2D eigenvalue weighted by Gasteiger charge is -2.26. The predicted molar refractivity (Wildman–Crippen MR) is 66.0 cm³/mol. The van der Waals surface area contributed by atoms with Crippen LogP contribution in [0.4, 0.5) is 26.3 Å². The van der Waals surface area contributed by atoms with Crippen molar-refractivity contribution in [3.8, 4) is 5.75 Å². The van der Waals surface area contributed by atoms with E-state index in [-0.39, 0.29) is 11.1 Å². The van der Waals surface area contributed by atoms with Gasteiger partial charge in [-0.05, 0) is 18.2 Å². The molecule has 0 radical (unpaired) electrons. The molecule has 0 saturated carbocycles. The van der Waals surface area contributed by atoms with Crippen LogP contribution in [0.1, 0.15) is 5.56 Å². The summed E-state index contributed by atoms with van der Waals surface area (Å²) >= 11 is 5.60. The Kier molecular flexibility index (Phi) is 4.22. The fourth-order valence-corrected chi connectivity index (χ4v) is 2.24. The zero-order chi connectivity index (χ0) is 17.6. The number of hydrogen-bond acceptors (Lipinski definition) is 4. The molecule has 0 spiro atoms. The first-order valence-corrected chi connectivity index (χ1v) is 7.36. The van der Waals surface area contributed by atoms with Crippen molar-refractivity contribution in [2.45, 2.75) is 17.8 Å². The minimum atomic E-state index is -6.16. The average molecular weight is 383 g/mol. The second kappa shape index (κ2) is 5.48. The van der Waals surface area contributed by atoms with Crippen LogP contribution in [0.15, 0.2) is 24.3 Å². The van der Waals surface area contributed by atoms with Gasteiger partial charge < -0.3 is 8.92 Å². The van der Waals surface area contributed by atoms with Crippen LogP contribution in [0.25, 0.3) is 5.76 Å². The maximum Gasteiger partial charge on any atom is 0.534 e. The smallest absolute Gasteiger partial charge is 0.476 e. The van der Waals surface area contributed by atoms with Crippen molar-refractivity contribution in [3.63, 3.8) is 0 Å². The molecule has 0 aromatic heterocycles. The van der Waals surface area contributed by atoms with Crippen LogP contribution in [0.5, 0.6) is 5.75 Å². The van der Waals surface area contributed by atoms with Crippen molar-refractivity contribution in [2.24, 2.45) is 0 Å². The van der Waals surface area contributed by atoms with Crippen LogP contribution in [0, 0.1) is 0 Å². The Morgan fingerprint density at radius 3 is 2.26 bits per heavy atom. The first-order valence-electron chi connectivity index (χ1n) is 5.57. The fraction of sp³-hybridized carbons (Fsp3) is 0.273. The van der Waals surface area contributed by atoms with Crippen LogP contribution in [-0.4, -0.2) is 26.2 Å². The van der Waals surface area contributed by atoms with E-state index < -0.39 is 45.0 Å². The lowest BCUT2D eigenvalue weighted by Crippen LogP contribution is -2.35. The molecular formula is C11H5ClF6O4S. The van der Waals surface area contributed by atoms with E-state index in [4.69, 9.17) is 11.6 Å². The highest BCUT2D eigenvalue weighted by Gasteiger charge is 2.50. The second-order valence-electron chi connectivity index (χ2n) is 4.23. The van der Waals surface area contributed by atoms with Crippen LogP contribution in [0.3, 0.4) is 0 Å². The molecule has 0 N–H and O–H groups in total. The minimum absolute atomic E-state index is 0.0725. The topological polar surface area (TPSA) is 52.6 Å². The second-order valence-corrected chi connectivity index (χ2v) is 6.21. The Morgan fingerprint density at radius 1 is 1.13 bits per heavy atom. The van der Waals surface area contributed by atoms with Gasteiger partial charge in [-0.25, -0.2) is 0 Å². The Morgan fingerprint density at radius 2 is 1.74 bits per heavy atom. The first-order chi connectivity index (χ1) is 10.3. The normalized spacial score (nSPS) is 18.7. The van der Waals surface area contributed by atoms with E-state index in [0.717, 1.165) is 18.2 Å². The molecule has 0 fully saturated rings. The lowest BCUT2D eigenvalue weighted by molar-refractivity contribution is -0.180. The third kappa shape index (κ3) is 3.66. The van der Waals surface area contributed by atoms with Gasteiger partial charge in [-0.2, -0.15) is 34.8 Å². The van der Waals surface area contributed by atoms with Crippen LogP contribution >= 0.6 is 11.6 Å². The highest BCUT2D eigenvalue weighted by molar-refractivity contribution is 7.87. The molecule has 23 heavy (non-hydrogen) atoms. The number of hydrogen-bond donors (Lipinski definition) is 0. The molecule has 0 aliphatic carbocycles. The molecular weight excluding hydrogens is 378 g/mol. The molecule has 1 unspecified atom stereocenters. The molecule has 1 heterocycles. The summed E-state index contributed by atoms with van der Waals surface area (Å²) in [5.41, 5.74) is -6.26. The van der Waals surface area contributed by atoms with Gasteiger partial charge in [0.2, 0.25) is 6.10 Å². The van der Waals surface area contributed by atoms with Gasteiger partial charge in [0.15, 0.2) is 5.76 Å². The maximum atomic E-state index is 12.7. The van der Waals surface area contributed by atoms with E-state index in [1.165, 1.54) is 0 Å². The first kappa shape index (κ1) is 17.7. The molecule has 1 atom stereocenters. The van der Waals surface area contributed by atoms with Crippen LogP contribution < -0.4 is 4.74 Å². The van der Waals surface area contributed by atoms with Crippen molar-refractivity contribution in [2.75, 3.05) is 0 Å². The number of alkyl halides is 6. The summed E-state index contributed by atoms with van der Waals surface area (Å²) < 4.78 is 106. The van der Waals surface area contributed by atoms with Gasteiger partial charge in [0.25, 0.3) is 0 Å². The van der Waals surface area contributed by atoms with Crippen molar-refractivity contribution in [1.29, 1.82) is 0 Å². The van der Waals surface area contributed by atoms with Gasteiger partial charge in [-0.3, -0.25) is 0 Å². The predicted octanol–water partition coefficient (Wildman–Crippen LogP) is 3.87. The van der Waals surface area contributed by atoms with Crippen molar-refractivity contribution < 1.29 is 43.7 Å². The zero-order valence-corrected chi connectivity index (χ0v) is 12.1. The zero-order valence-electron chi connectivity index (χ0n) is 10.6. The Balaban J connectivity index is 2.53. The van der Waals surface area contributed by atoms with Crippen molar-refractivity contribution in [1.82, 2.24) is 0 Å². The number of benzene rings is 1. The van der Waals surface area contributed by atoms with Gasteiger partial charge >= 0.3 is 21.8 Å². The Bertz CT molecular complexity index is 753. The molecule has 0 amide bonds. The SMILES string of the molecule is O=S(=O)(OC1=CC(C(F)(F)F)Oc2ccc(Cl)cc21)C(F)(F)F. The molecule has 0 bridgehead atoms. The van der Waals surface area contributed by atoms with E-state index in [9.17, 15) is 34.8 Å². The lowest BCUT2D eigenvalue weighted by atomic mass is 10.1. The van der Waals surface area contributed by atoms with E-state index >= 15 is 0 Å². The van der Waals surface area contributed by atoms with E-state index in [1.807, 2.05) is 0 Å². The average Bonchev–Trinajstić information content (AvgIpc) is 2.36. The molecule has 128 valence electrons. The molecule has 12 heteroatoms. The van der Waals surface area contributed by atoms with Crippen molar-refractivity contribution >= 4 is 27.5 Å². The standard InChI is InChI=1S/C11H5ClF6O4S/c12-5-1-2-7-6(3-5)8(4-9(21-7)10(13,14)15)22-23(19,20)11(16,17)18/h1-4,9H. The molecule has 0 saturated heterocycles. The van der Waals surface area contributed by atoms with E-state index in [1.54, 1.807) is 0 Å². The molecule has 2 rings (SSSR count). The third-order valence-corrected chi connectivity index (χ3v) is 3.77.